The van der Waals surface area contributed by atoms with Gasteiger partial charge in [-0.05, 0) is 33.3 Å². The van der Waals surface area contributed by atoms with E-state index in [1.54, 1.807) is 0 Å². The molecule has 4 nitrogen and oxygen atoms in total. The molecule has 3 atom stereocenters. The number of nitrogens with one attached hydrogen (secondary N) is 1. The average molecular weight is 288 g/mol. The highest BCUT2D eigenvalue weighted by Gasteiger charge is 2.58. The lowest BCUT2D eigenvalue weighted by molar-refractivity contribution is -0.137. The summed E-state index contributed by atoms with van der Waals surface area (Å²) in [6, 6.07) is 10.2. The summed E-state index contributed by atoms with van der Waals surface area (Å²) in [7, 11) is 0. The van der Waals surface area contributed by atoms with Crippen molar-refractivity contribution in [2.75, 3.05) is 6.61 Å². The summed E-state index contributed by atoms with van der Waals surface area (Å²) in [5.41, 5.74) is 0.550. The highest BCUT2D eigenvalue weighted by molar-refractivity contribution is 5.81. The molecule has 0 bridgehead atoms. The first-order chi connectivity index (χ1) is 9.81. The molecule has 2 aliphatic heterocycles. The maximum absolute atomic E-state index is 12.5. The van der Waals surface area contributed by atoms with Gasteiger partial charge in [0.05, 0.1) is 18.7 Å². The van der Waals surface area contributed by atoms with E-state index in [-0.39, 0.29) is 23.5 Å². The van der Waals surface area contributed by atoms with Crippen LogP contribution >= 0.6 is 0 Å². The SMILES string of the molecule is CC(C)(C)N[C@@H]1CC(=O)N2[C@@H](c3ccccc3)CO[C@]12C. The summed E-state index contributed by atoms with van der Waals surface area (Å²) in [5.74, 6) is 0.172. The number of ether oxygens (including phenoxy) is 1. The number of hydrogen-bond acceptors (Lipinski definition) is 3. The van der Waals surface area contributed by atoms with Crippen LogP contribution in [0.25, 0.3) is 0 Å². The summed E-state index contributed by atoms with van der Waals surface area (Å²) in [5, 5.41) is 3.54. The lowest BCUT2D eigenvalue weighted by atomic mass is 10.0. The molecule has 2 heterocycles. The Morgan fingerprint density at radius 3 is 2.57 bits per heavy atom. The topological polar surface area (TPSA) is 41.6 Å². The van der Waals surface area contributed by atoms with Crippen molar-refractivity contribution in [2.45, 2.75) is 57.5 Å². The van der Waals surface area contributed by atoms with Crippen molar-refractivity contribution in [2.24, 2.45) is 0 Å². The second kappa shape index (κ2) is 4.82. The molecule has 1 aromatic carbocycles. The molecule has 0 unspecified atom stereocenters. The van der Waals surface area contributed by atoms with Crippen LogP contribution in [0.2, 0.25) is 0 Å². The number of benzene rings is 1. The molecule has 2 fully saturated rings. The minimum absolute atomic E-state index is 0.0236. The zero-order chi connectivity index (χ0) is 15.3. The van der Waals surface area contributed by atoms with Crippen LogP contribution in [0.4, 0.5) is 0 Å². The molecule has 0 aliphatic carbocycles. The molecule has 0 saturated carbocycles. The molecule has 0 aromatic heterocycles. The minimum Gasteiger partial charge on any atom is -0.352 e. The van der Waals surface area contributed by atoms with E-state index in [9.17, 15) is 4.79 Å². The molecule has 1 N–H and O–H groups in total. The Hall–Kier alpha value is -1.39. The van der Waals surface area contributed by atoms with Crippen molar-refractivity contribution in [1.82, 2.24) is 10.2 Å². The molecule has 1 amide bonds. The summed E-state index contributed by atoms with van der Waals surface area (Å²) in [6.45, 7) is 8.95. The number of carbonyl (C=O) groups excluding carboxylic acids is 1. The van der Waals surface area contributed by atoms with Crippen LogP contribution in [0, 0.1) is 0 Å². The Balaban J connectivity index is 1.89. The van der Waals surface area contributed by atoms with Gasteiger partial charge in [0.2, 0.25) is 5.91 Å². The van der Waals surface area contributed by atoms with Gasteiger partial charge in [-0.25, -0.2) is 0 Å². The van der Waals surface area contributed by atoms with Gasteiger partial charge in [-0.1, -0.05) is 30.3 Å². The van der Waals surface area contributed by atoms with Crippen LogP contribution < -0.4 is 5.32 Å². The van der Waals surface area contributed by atoms with Crippen molar-refractivity contribution in [3.63, 3.8) is 0 Å². The Labute approximate surface area is 126 Å². The van der Waals surface area contributed by atoms with E-state index in [0.29, 0.717) is 13.0 Å². The van der Waals surface area contributed by atoms with Gasteiger partial charge in [-0.3, -0.25) is 4.79 Å². The van der Waals surface area contributed by atoms with Crippen molar-refractivity contribution in [3.8, 4) is 0 Å². The van der Waals surface area contributed by atoms with Crippen molar-refractivity contribution in [3.05, 3.63) is 35.9 Å². The normalized spacial score (nSPS) is 32.6. The second-order valence-electron chi connectivity index (χ2n) is 7.21. The first-order valence-electron chi connectivity index (χ1n) is 7.60. The summed E-state index contributed by atoms with van der Waals surface area (Å²) in [6.07, 6.45) is 0.497. The monoisotopic (exact) mass is 288 g/mol. The highest BCUT2D eigenvalue weighted by atomic mass is 16.5. The fourth-order valence-corrected chi connectivity index (χ4v) is 3.48. The zero-order valence-electron chi connectivity index (χ0n) is 13.2. The quantitative estimate of drug-likeness (QED) is 0.909. The van der Waals surface area contributed by atoms with Crippen molar-refractivity contribution >= 4 is 5.91 Å². The fraction of sp³-hybridized carbons (Fsp3) is 0.588. The predicted molar refractivity (Wildman–Crippen MR) is 81.7 cm³/mol. The third-order valence-electron chi connectivity index (χ3n) is 4.41. The van der Waals surface area contributed by atoms with E-state index in [2.05, 4.69) is 38.2 Å². The van der Waals surface area contributed by atoms with Gasteiger partial charge in [0.1, 0.15) is 0 Å². The largest absolute Gasteiger partial charge is 0.352 e. The van der Waals surface area contributed by atoms with E-state index in [0.717, 1.165) is 5.56 Å². The highest BCUT2D eigenvalue weighted by Crippen LogP contribution is 2.44. The van der Waals surface area contributed by atoms with Crippen molar-refractivity contribution < 1.29 is 9.53 Å². The van der Waals surface area contributed by atoms with Gasteiger partial charge < -0.3 is 15.0 Å². The molecule has 114 valence electrons. The third-order valence-corrected chi connectivity index (χ3v) is 4.41. The third kappa shape index (κ3) is 2.47. The van der Waals surface area contributed by atoms with Crippen LogP contribution in [-0.2, 0) is 9.53 Å². The van der Waals surface area contributed by atoms with E-state index in [4.69, 9.17) is 4.74 Å². The van der Waals surface area contributed by atoms with Crippen LogP contribution in [0.3, 0.4) is 0 Å². The van der Waals surface area contributed by atoms with Gasteiger partial charge in [-0.15, -0.1) is 0 Å². The first-order valence-corrected chi connectivity index (χ1v) is 7.60. The Bertz CT molecular complexity index is 537. The summed E-state index contributed by atoms with van der Waals surface area (Å²) in [4.78, 5) is 14.5. The molecular weight excluding hydrogens is 264 g/mol. The first kappa shape index (κ1) is 14.5. The number of rotatable bonds is 2. The van der Waals surface area contributed by atoms with Gasteiger partial charge >= 0.3 is 0 Å². The second-order valence-corrected chi connectivity index (χ2v) is 7.21. The molecule has 1 aromatic rings. The lowest BCUT2D eigenvalue weighted by Crippen LogP contribution is -2.56. The number of nitrogens with zero attached hydrogens (tertiary/aromatic N) is 1. The number of carbonyl (C=O) groups is 1. The van der Waals surface area contributed by atoms with Gasteiger partial charge in [0, 0.05) is 12.0 Å². The molecule has 0 radical (unpaired) electrons. The number of amides is 1. The smallest absolute Gasteiger partial charge is 0.227 e. The molecule has 2 aliphatic rings. The van der Waals surface area contributed by atoms with Crippen molar-refractivity contribution in [1.29, 1.82) is 0 Å². The average Bonchev–Trinajstić information content (AvgIpc) is 2.86. The maximum Gasteiger partial charge on any atom is 0.227 e. The summed E-state index contributed by atoms with van der Waals surface area (Å²) >= 11 is 0. The van der Waals surface area contributed by atoms with E-state index in [1.807, 2.05) is 30.0 Å². The molecule has 4 heteroatoms. The van der Waals surface area contributed by atoms with E-state index >= 15 is 0 Å². The zero-order valence-corrected chi connectivity index (χ0v) is 13.2. The van der Waals surface area contributed by atoms with Crippen LogP contribution in [0.1, 0.15) is 45.7 Å². The van der Waals surface area contributed by atoms with Crippen LogP contribution in [-0.4, -0.2) is 34.7 Å². The summed E-state index contributed by atoms with van der Waals surface area (Å²) < 4.78 is 6.10. The molecule has 21 heavy (non-hydrogen) atoms. The number of hydrogen-bond donors (Lipinski definition) is 1. The van der Waals surface area contributed by atoms with Gasteiger partial charge in [0.25, 0.3) is 0 Å². The molecular formula is C17H24N2O2. The van der Waals surface area contributed by atoms with Gasteiger partial charge in [0.15, 0.2) is 5.72 Å². The molecule has 3 rings (SSSR count). The Morgan fingerprint density at radius 1 is 1.29 bits per heavy atom. The predicted octanol–water partition coefficient (Wildman–Crippen LogP) is 2.46. The number of fused-ring (bicyclic) bond motifs is 1. The van der Waals surface area contributed by atoms with E-state index < -0.39 is 5.72 Å². The minimum atomic E-state index is -0.551. The lowest BCUT2D eigenvalue weighted by Gasteiger charge is -2.37. The Kier molecular flexibility index (Phi) is 3.34. The molecule has 2 saturated heterocycles. The van der Waals surface area contributed by atoms with E-state index in [1.165, 1.54) is 0 Å². The standard InChI is InChI=1S/C17H24N2O2/c1-16(2,3)18-14-10-15(20)19-13(11-21-17(14,19)4)12-8-6-5-7-9-12/h5-9,13-14,18H,10-11H2,1-4H3/t13-,14-,17-/m1/s1. The fourth-order valence-electron chi connectivity index (χ4n) is 3.48. The Morgan fingerprint density at radius 2 is 1.95 bits per heavy atom. The molecule has 0 spiro atoms. The van der Waals surface area contributed by atoms with Crippen LogP contribution in [0.5, 0.6) is 0 Å². The van der Waals surface area contributed by atoms with Crippen LogP contribution in [0.15, 0.2) is 30.3 Å². The maximum atomic E-state index is 12.5. The van der Waals surface area contributed by atoms with Gasteiger partial charge in [-0.2, -0.15) is 0 Å².